The average molecular weight is 323 g/mol. The van der Waals surface area contributed by atoms with Crippen LogP contribution in [0.2, 0.25) is 0 Å². The van der Waals surface area contributed by atoms with Crippen LogP contribution < -0.4 is 15.5 Å². The predicted octanol–water partition coefficient (Wildman–Crippen LogP) is 1.45. The van der Waals surface area contributed by atoms with Crippen molar-refractivity contribution >= 4 is 17.6 Å². The van der Waals surface area contributed by atoms with Crippen molar-refractivity contribution in [2.75, 3.05) is 31.6 Å². The van der Waals surface area contributed by atoms with Gasteiger partial charge in [-0.15, -0.1) is 0 Å². The van der Waals surface area contributed by atoms with Crippen LogP contribution in [-0.4, -0.2) is 43.5 Å². The Morgan fingerprint density at radius 3 is 2.83 bits per heavy atom. The normalized spacial score (nSPS) is 13.5. The van der Waals surface area contributed by atoms with Crippen molar-refractivity contribution in [2.45, 2.75) is 6.42 Å². The number of amides is 1. The standard InChI is InChI=1S/C18H21N5O/c1-19-18(23-12-8-14-5-2-3-7-16(14)23)22-11-10-21-17(24)15-6-4-9-20-13-15/h2-7,9,13H,8,10-12H2,1H3,(H,19,22)(H,21,24). The number of hydrogen-bond donors (Lipinski definition) is 2. The van der Waals surface area contributed by atoms with Gasteiger partial charge in [-0.1, -0.05) is 18.2 Å². The van der Waals surface area contributed by atoms with Crippen LogP contribution in [0.15, 0.2) is 53.8 Å². The van der Waals surface area contributed by atoms with Crippen molar-refractivity contribution in [3.63, 3.8) is 0 Å². The molecule has 0 aliphatic carbocycles. The fourth-order valence-electron chi connectivity index (χ4n) is 2.80. The fourth-order valence-corrected chi connectivity index (χ4v) is 2.80. The number of fused-ring (bicyclic) bond motifs is 1. The number of nitrogens with one attached hydrogen (secondary N) is 2. The lowest BCUT2D eigenvalue weighted by Crippen LogP contribution is -2.43. The van der Waals surface area contributed by atoms with Crippen molar-refractivity contribution < 1.29 is 4.79 Å². The molecule has 0 fully saturated rings. The minimum absolute atomic E-state index is 0.119. The number of pyridine rings is 1. The molecule has 1 aliphatic rings. The molecule has 0 unspecified atom stereocenters. The molecule has 0 radical (unpaired) electrons. The maximum absolute atomic E-state index is 12.0. The van der Waals surface area contributed by atoms with Crippen LogP contribution in [0.3, 0.4) is 0 Å². The van der Waals surface area contributed by atoms with Crippen LogP contribution in [0.5, 0.6) is 0 Å². The molecule has 0 bridgehead atoms. The maximum atomic E-state index is 12.0. The summed E-state index contributed by atoms with van der Waals surface area (Å²) in [5.74, 6) is 0.710. The van der Waals surface area contributed by atoms with Gasteiger partial charge in [0.25, 0.3) is 5.91 Å². The van der Waals surface area contributed by atoms with E-state index >= 15 is 0 Å². The first-order valence-corrected chi connectivity index (χ1v) is 8.04. The van der Waals surface area contributed by atoms with E-state index in [1.165, 1.54) is 11.3 Å². The molecular formula is C18H21N5O. The summed E-state index contributed by atoms with van der Waals surface area (Å²) in [6, 6.07) is 11.9. The summed E-state index contributed by atoms with van der Waals surface area (Å²) in [6.07, 6.45) is 4.23. The minimum Gasteiger partial charge on any atom is -0.354 e. The number of anilines is 1. The van der Waals surface area contributed by atoms with Gasteiger partial charge in [-0.05, 0) is 30.2 Å². The zero-order valence-electron chi connectivity index (χ0n) is 13.7. The smallest absolute Gasteiger partial charge is 0.252 e. The first kappa shape index (κ1) is 16.0. The highest BCUT2D eigenvalue weighted by molar-refractivity contribution is 5.98. The topological polar surface area (TPSA) is 69.6 Å². The van der Waals surface area contributed by atoms with Crippen LogP contribution in [-0.2, 0) is 6.42 Å². The van der Waals surface area contributed by atoms with Crippen LogP contribution in [0.25, 0.3) is 0 Å². The zero-order valence-corrected chi connectivity index (χ0v) is 13.7. The number of carbonyl (C=O) groups excluding carboxylic acids is 1. The van der Waals surface area contributed by atoms with E-state index in [-0.39, 0.29) is 5.91 Å². The Morgan fingerprint density at radius 2 is 2.04 bits per heavy atom. The second-order valence-electron chi connectivity index (χ2n) is 5.50. The van der Waals surface area contributed by atoms with Crippen molar-refractivity contribution in [1.82, 2.24) is 15.6 Å². The summed E-state index contributed by atoms with van der Waals surface area (Å²) >= 11 is 0. The largest absolute Gasteiger partial charge is 0.354 e. The molecule has 3 rings (SSSR count). The number of para-hydroxylation sites is 1. The minimum atomic E-state index is -0.119. The molecule has 1 amide bonds. The van der Waals surface area contributed by atoms with Gasteiger partial charge in [-0.25, -0.2) is 0 Å². The summed E-state index contributed by atoms with van der Waals surface area (Å²) in [6.45, 7) is 2.04. The number of aromatic nitrogens is 1. The number of nitrogens with zero attached hydrogens (tertiary/aromatic N) is 3. The van der Waals surface area contributed by atoms with Gasteiger partial charge in [0.05, 0.1) is 5.56 Å². The summed E-state index contributed by atoms with van der Waals surface area (Å²) < 4.78 is 0. The Hall–Kier alpha value is -2.89. The van der Waals surface area contributed by atoms with Gasteiger partial charge >= 0.3 is 0 Å². The average Bonchev–Trinajstić information content (AvgIpc) is 3.06. The van der Waals surface area contributed by atoms with Crippen molar-refractivity contribution in [3.05, 3.63) is 59.9 Å². The number of rotatable bonds is 4. The van der Waals surface area contributed by atoms with Gasteiger partial charge in [0.15, 0.2) is 5.96 Å². The van der Waals surface area contributed by atoms with Crippen LogP contribution in [0.4, 0.5) is 5.69 Å². The first-order valence-electron chi connectivity index (χ1n) is 8.04. The predicted molar refractivity (Wildman–Crippen MR) is 95.4 cm³/mol. The highest BCUT2D eigenvalue weighted by Gasteiger charge is 2.22. The van der Waals surface area contributed by atoms with Gasteiger partial charge in [0.1, 0.15) is 0 Å². The monoisotopic (exact) mass is 323 g/mol. The number of aliphatic imine (C=N–C) groups is 1. The van der Waals surface area contributed by atoms with Gasteiger partial charge in [0.2, 0.25) is 0 Å². The lowest BCUT2D eigenvalue weighted by Gasteiger charge is -2.22. The number of hydrogen-bond acceptors (Lipinski definition) is 3. The third-order valence-electron chi connectivity index (χ3n) is 3.97. The third kappa shape index (κ3) is 3.53. The molecule has 24 heavy (non-hydrogen) atoms. The molecule has 1 aromatic heterocycles. The summed E-state index contributed by atoms with van der Waals surface area (Å²) in [5, 5.41) is 6.18. The molecule has 0 saturated heterocycles. The molecule has 2 aromatic rings. The molecule has 2 heterocycles. The second-order valence-corrected chi connectivity index (χ2v) is 5.50. The fraction of sp³-hybridized carbons (Fsp3) is 0.278. The van der Waals surface area contributed by atoms with Crippen molar-refractivity contribution in [1.29, 1.82) is 0 Å². The molecule has 0 spiro atoms. The molecule has 1 aromatic carbocycles. The first-order chi connectivity index (χ1) is 11.8. The van der Waals surface area contributed by atoms with Gasteiger partial charge < -0.3 is 15.5 Å². The number of benzene rings is 1. The molecule has 124 valence electrons. The molecular weight excluding hydrogens is 302 g/mol. The van der Waals surface area contributed by atoms with E-state index in [2.05, 4.69) is 43.7 Å². The quantitative estimate of drug-likeness (QED) is 0.508. The number of carbonyl (C=O) groups is 1. The molecule has 6 heteroatoms. The summed E-state index contributed by atoms with van der Waals surface area (Å²) in [7, 11) is 1.78. The van der Waals surface area contributed by atoms with E-state index < -0.39 is 0 Å². The van der Waals surface area contributed by atoms with E-state index in [1.807, 2.05) is 6.07 Å². The highest BCUT2D eigenvalue weighted by atomic mass is 16.1. The second kappa shape index (κ2) is 7.59. The molecule has 2 N–H and O–H groups in total. The highest BCUT2D eigenvalue weighted by Crippen LogP contribution is 2.27. The lowest BCUT2D eigenvalue weighted by atomic mass is 10.2. The molecule has 6 nitrogen and oxygen atoms in total. The van der Waals surface area contributed by atoms with E-state index in [0.29, 0.717) is 18.7 Å². The van der Waals surface area contributed by atoms with Gasteiger partial charge in [0, 0.05) is 44.8 Å². The Bertz CT molecular complexity index is 729. The van der Waals surface area contributed by atoms with Crippen molar-refractivity contribution in [3.8, 4) is 0 Å². The van der Waals surface area contributed by atoms with Crippen LogP contribution in [0, 0.1) is 0 Å². The number of guanidine groups is 1. The van der Waals surface area contributed by atoms with Crippen LogP contribution in [0.1, 0.15) is 15.9 Å². The molecule has 0 saturated carbocycles. The zero-order chi connectivity index (χ0) is 16.8. The Kier molecular flexibility index (Phi) is 5.05. The van der Waals surface area contributed by atoms with Crippen molar-refractivity contribution in [2.24, 2.45) is 4.99 Å². The lowest BCUT2D eigenvalue weighted by molar-refractivity contribution is 0.0954. The van der Waals surface area contributed by atoms with E-state index in [9.17, 15) is 4.79 Å². The molecule has 1 aliphatic heterocycles. The van der Waals surface area contributed by atoms with E-state index in [0.717, 1.165) is 18.9 Å². The van der Waals surface area contributed by atoms with E-state index in [4.69, 9.17) is 0 Å². The summed E-state index contributed by atoms with van der Waals surface area (Å²) in [4.78, 5) is 22.4. The summed E-state index contributed by atoms with van der Waals surface area (Å²) in [5.41, 5.74) is 3.10. The van der Waals surface area contributed by atoms with Gasteiger partial charge in [-0.2, -0.15) is 0 Å². The third-order valence-corrected chi connectivity index (χ3v) is 3.97. The van der Waals surface area contributed by atoms with E-state index in [1.54, 1.807) is 31.6 Å². The maximum Gasteiger partial charge on any atom is 0.252 e. The van der Waals surface area contributed by atoms with Gasteiger partial charge in [-0.3, -0.25) is 14.8 Å². The van der Waals surface area contributed by atoms with Crippen LogP contribution >= 0.6 is 0 Å². The molecule has 0 atom stereocenters. The SMILES string of the molecule is CN=C(NCCNC(=O)c1cccnc1)N1CCc2ccccc21. The Morgan fingerprint density at radius 1 is 1.21 bits per heavy atom. The Labute approximate surface area is 141 Å². The Balaban J connectivity index is 1.50.